The molecule has 0 atom stereocenters. The molecule has 2 nitrogen and oxygen atoms in total. The highest BCUT2D eigenvalue weighted by atomic mass is 32.1. The molecule has 0 amide bonds. The number of imidazole rings is 1. The Bertz CT molecular complexity index is 371. The molecule has 14 heavy (non-hydrogen) atoms. The van der Waals surface area contributed by atoms with Crippen molar-refractivity contribution >= 4 is 12.2 Å². The third-order valence-electron chi connectivity index (χ3n) is 2.25. The van der Waals surface area contributed by atoms with Crippen LogP contribution < -0.4 is 0 Å². The topological polar surface area (TPSA) is 20.7 Å². The maximum Gasteiger partial charge on any atom is 0.177 e. The van der Waals surface area contributed by atoms with E-state index >= 15 is 0 Å². The Balaban J connectivity index is 3.26. The summed E-state index contributed by atoms with van der Waals surface area (Å²) >= 11 is 5.30. The van der Waals surface area contributed by atoms with Crippen molar-refractivity contribution in [2.24, 2.45) is 0 Å². The van der Waals surface area contributed by atoms with E-state index in [4.69, 9.17) is 12.2 Å². The van der Waals surface area contributed by atoms with Crippen LogP contribution in [0, 0.1) is 4.77 Å². The minimum atomic E-state index is 0.0527. The largest absolute Gasteiger partial charge is 0.334 e. The summed E-state index contributed by atoms with van der Waals surface area (Å²) < 4.78 is 2.92. The zero-order valence-corrected chi connectivity index (χ0v) is 10.7. The van der Waals surface area contributed by atoms with Crippen LogP contribution in [0.5, 0.6) is 0 Å². The van der Waals surface area contributed by atoms with Gasteiger partial charge in [0, 0.05) is 22.8 Å². The second-order valence-electron chi connectivity index (χ2n) is 5.76. The van der Waals surface area contributed by atoms with Gasteiger partial charge in [-0.25, -0.2) is 0 Å². The summed E-state index contributed by atoms with van der Waals surface area (Å²) in [5.74, 6) is 0. The lowest BCUT2D eigenvalue weighted by atomic mass is 9.93. The van der Waals surface area contributed by atoms with Crippen molar-refractivity contribution in [1.29, 1.82) is 0 Å². The molecule has 3 heteroatoms. The maximum atomic E-state index is 5.30. The fraction of sp³-hybridized carbons (Fsp3) is 0.727. The molecule has 0 unspecified atom stereocenters. The van der Waals surface area contributed by atoms with Crippen LogP contribution in [0.4, 0.5) is 0 Å². The molecule has 0 spiro atoms. The zero-order chi connectivity index (χ0) is 11.1. The van der Waals surface area contributed by atoms with Gasteiger partial charge >= 0.3 is 0 Å². The van der Waals surface area contributed by atoms with E-state index in [1.807, 2.05) is 0 Å². The Morgan fingerprint density at radius 1 is 1.14 bits per heavy atom. The molecule has 80 valence electrons. The third kappa shape index (κ3) is 2.27. The lowest BCUT2D eigenvalue weighted by molar-refractivity contribution is 0.391. The predicted octanol–water partition coefficient (Wildman–Crippen LogP) is 3.60. The van der Waals surface area contributed by atoms with Crippen LogP contribution in [-0.4, -0.2) is 9.55 Å². The van der Waals surface area contributed by atoms with Crippen LogP contribution in [0.15, 0.2) is 6.20 Å². The van der Waals surface area contributed by atoms with Crippen molar-refractivity contribution in [3.63, 3.8) is 0 Å². The molecule has 1 aromatic rings. The van der Waals surface area contributed by atoms with E-state index in [1.165, 1.54) is 5.69 Å². The van der Waals surface area contributed by atoms with E-state index in [0.717, 1.165) is 4.77 Å². The summed E-state index contributed by atoms with van der Waals surface area (Å²) in [4.78, 5) is 3.27. The Morgan fingerprint density at radius 2 is 1.64 bits per heavy atom. The molecule has 0 saturated carbocycles. The van der Waals surface area contributed by atoms with Crippen LogP contribution in [0.1, 0.15) is 47.2 Å². The minimum Gasteiger partial charge on any atom is -0.334 e. The molecule has 1 aromatic heterocycles. The van der Waals surface area contributed by atoms with E-state index in [1.54, 1.807) is 0 Å². The Kier molecular flexibility index (Phi) is 2.65. The molecule has 0 fully saturated rings. The minimum absolute atomic E-state index is 0.0527. The first-order valence-corrected chi connectivity index (χ1v) is 5.36. The monoisotopic (exact) mass is 212 g/mol. The highest BCUT2D eigenvalue weighted by Crippen LogP contribution is 2.23. The molecule has 1 heterocycles. The van der Waals surface area contributed by atoms with E-state index in [-0.39, 0.29) is 11.0 Å². The van der Waals surface area contributed by atoms with Gasteiger partial charge in [0.15, 0.2) is 4.77 Å². The van der Waals surface area contributed by atoms with Crippen molar-refractivity contribution in [2.45, 2.75) is 52.5 Å². The summed E-state index contributed by atoms with van der Waals surface area (Å²) in [6, 6.07) is 0. The molecule has 1 N–H and O–H groups in total. The van der Waals surface area contributed by atoms with E-state index in [2.05, 4.69) is 57.3 Å². The Labute approximate surface area is 91.3 Å². The number of nitrogens with one attached hydrogen (secondary N) is 1. The van der Waals surface area contributed by atoms with Gasteiger partial charge < -0.3 is 9.55 Å². The van der Waals surface area contributed by atoms with E-state index in [9.17, 15) is 0 Å². The second-order valence-corrected chi connectivity index (χ2v) is 6.15. The number of hydrogen-bond donors (Lipinski definition) is 1. The summed E-state index contributed by atoms with van der Waals surface area (Å²) in [6.45, 7) is 13.0. The highest BCUT2D eigenvalue weighted by molar-refractivity contribution is 7.71. The number of aromatic amines is 1. The standard InChI is InChI=1S/C11H20N2S/c1-10(2,3)8-7-13(9(14)12-8)11(4,5)6/h7H,1-6H3,(H,12,14). The van der Waals surface area contributed by atoms with Crippen molar-refractivity contribution in [3.05, 3.63) is 16.7 Å². The summed E-state index contributed by atoms with van der Waals surface area (Å²) in [5, 5.41) is 0. The van der Waals surface area contributed by atoms with Crippen molar-refractivity contribution in [1.82, 2.24) is 9.55 Å². The first-order valence-electron chi connectivity index (χ1n) is 4.95. The van der Waals surface area contributed by atoms with Crippen LogP contribution >= 0.6 is 12.2 Å². The van der Waals surface area contributed by atoms with Crippen molar-refractivity contribution in [3.8, 4) is 0 Å². The number of hydrogen-bond acceptors (Lipinski definition) is 1. The van der Waals surface area contributed by atoms with Gasteiger partial charge in [0.2, 0.25) is 0 Å². The van der Waals surface area contributed by atoms with Gasteiger partial charge in [0.25, 0.3) is 0 Å². The average Bonchev–Trinajstić information content (AvgIpc) is 2.27. The van der Waals surface area contributed by atoms with Gasteiger partial charge in [0.1, 0.15) is 0 Å². The molecule has 0 saturated heterocycles. The molecule has 0 bridgehead atoms. The van der Waals surface area contributed by atoms with Gasteiger partial charge in [-0.2, -0.15) is 0 Å². The molecular formula is C11H20N2S. The Hall–Kier alpha value is -0.570. The summed E-state index contributed by atoms with van der Waals surface area (Å²) in [7, 11) is 0. The molecule has 0 radical (unpaired) electrons. The average molecular weight is 212 g/mol. The maximum absolute atomic E-state index is 5.30. The van der Waals surface area contributed by atoms with Gasteiger partial charge in [-0.1, -0.05) is 20.8 Å². The predicted molar refractivity (Wildman–Crippen MR) is 63.3 cm³/mol. The zero-order valence-electron chi connectivity index (χ0n) is 9.93. The van der Waals surface area contributed by atoms with Gasteiger partial charge in [0.05, 0.1) is 0 Å². The smallest absolute Gasteiger partial charge is 0.177 e. The first kappa shape index (κ1) is 11.5. The third-order valence-corrected chi connectivity index (χ3v) is 2.55. The number of H-pyrrole nitrogens is 1. The molecule has 0 aliphatic rings. The lowest BCUT2D eigenvalue weighted by Gasteiger charge is -2.21. The molecule has 0 aliphatic carbocycles. The van der Waals surface area contributed by atoms with E-state index < -0.39 is 0 Å². The molecule has 0 aliphatic heterocycles. The van der Waals surface area contributed by atoms with Crippen molar-refractivity contribution < 1.29 is 0 Å². The van der Waals surface area contributed by atoms with Gasteiger partial charge in [-0.15, -0.1) is 0 Å². The van der Waals surface area contributed by atoms with Crippen LogP contribution in [-0.2, 0) is 11.0 Å². The molecule has 1 rings (SSSR count). The second kappa shape index (κ2) is 3.23. The molecular weight excluding hydrogens is 192 g/mol. The summed E-state index contributed by atoms with van der Waals surface area (Å²) in [5.41, 5.74) is 1.37. The fourth-order valence-corrected chi connectivity index (χ4v) is 1.71. The quantitative estimate of drug-likeness (QED) is 0.652. The number of nitrogens with zero attached hydrogens (tertiary/aromatic N) is 1. The normalized spacial score (nSPS) is 13.3. The number of rotatable bonds is 0. The SMILES string of the molecule is CC(C)(C)c1cn(C(C)(C)C)c(=S)[nH]1. The lowest BCUT2D eigenvalue weighted by Crippen LogP contribution is -2.21. The highest BCUT2D eigenvalue weighted by Gasteiger charge is 2.20. The Morgan fingerprint density at radius 3 is 1.86 bits per heavy atom. The van der Waals surface area contributed by atoms with E-state index in [0.29, 0.717) is 0 Å². The summed E-state index contributed by atoms with van der Waals surface area (Å²) in [6.07, 6.45) is 2.13. The van der Waals surface area contributed by atoms with Crippen LogP contribution in [0.2, 0.25) is 0 Å². The van der Waals surface area contributed by atoms with Crippen LogP contribution in [0.25, 0.3) is 0 Å². The fourth-order valence-electron chi connectivity index (χ4n) is 1.27. The van der Waals surface area contributed by atoms with Crippen molar-refractivity contribution in [2.75, 3.05) is 0 Å². The van der Waals surface area contributed by atoms with Gasteiger partial charge in [-0.05, 0) is 33.0 Å². The number of aromatic nitrogens is 2. The molecule has 0 aromatic carbocycles. The first-order chi connectivity index (χ1) is 6.12. The van der Waals surface area contributed by atoms with Crippen LogP contribution in [0.3, 0.4) is 0 Å². The van der Waals surface area contributed by atoms with Gasteiger partial charge in [-0.3, -0.25) is 0 Å².